The lowest BCUT2D eigenvalue weighted by Gasteiger charge is -2.25. The molecule has 5 atom stereocenters. The van der Waals surface area contributed by atoms with Gasteiger partial charge in [-0.1, -0.05) is 30.3 Å². The Morgan fingerprint density at radius 1 is 1.27 bits per heavy atom. The number of hydrogen-bond acceptors (Lipinski definition) is 4. The van der Waals surface area contributed by atoms with Crippen molar-refractivity contribution in [3.05, 3.63) is 35.9 Å². The van der Waals surface area contributed by atoms with Gasteiger partial charge in [-0.05, 0) is 36.7 Å². The molecule has 3 aliphatic rings. The first-order chi connectivity index (χ1) is 10.6. The fourth-order valence-electron chi connectivity index (χ4n) is 3.92. The first kappa shape index (κ1) is 13.8. The third-order valence-corrected chi connectivity index (χ3v) is 5.21. The van der Waals surface area contributed by atoms with Gasteiger partial charge in [0.05, 0.1) is 18.1 Å². The van der Waals surface area contributed by atoms with Crippen LogP contribution in [0.15, 0.2) is 30.3 Å². The highest BCUT2D eigenvalue weighted by atomic mass is 16.6. The molecule has 5 unspecified atom stereocenters. The first-order valence-electron chi connectivity index (χ1n) is 7.87. The Kier molecular flexibility index (Phi) is 3.18. The summed E-state index contributed by atoms with van der Waals surface area (Å²) < 4.78 is 5.09. The molecule has 2 saturated carbocycles. The van der Waals surface area contributed by atoms with Gasteiger partial charge < -0.3 is 9.84 Å². The number of ether oxygens (including phenoxy) is 1. The summed E-state index contributed by atoms with van der Waals surface area (Å²) in [4.78, 5) is 25.9. The first-order valence-corrected chi connectivity index (χ1v) is 7.87. The maximum absolute atomic E-state index is 12.7. The number of nitrogens with zero attached hydrogens (tertiary/aromatic N) is 1. The molecule has 5 nitrogen and oxygen atoms in total. The molecule has 1 heterocycles. The molecule has 1 N–H and O–H groups in total. The molecule has 0 aromatic heterocycles. The summed E-state index contributed by atoms with van der Waals surface area (Å²) in [5.74, 6) is 0.0334. The Morgan fingerprint density at radius 3 is 2.73 bits per heavy atom. The smallest absolute Gasteiger partial charge is 0.416 e. The summed E-state index contributed by atoms with van der Waals surface area (Å²) in [6, 6.07) is 9.49. The summed E-state index contributed by atoms with van der Waals surface area (Å²) in [5, 5.41) is 10.2. The van der Waals surface area contributed by atoms with Crippen LogP contribution >= 0.6 is 0 Å². The molecule has 5 heteroatoms. The predicted octanol–water partition coefficient (Wildman–Crippen LogP) is 1.59. The average molecular weight is 301 g/mol. The molecule has 22 heavy (non-hydrogen) atoms. The van der Waals surface area contributed by atoms with Gasteiger partial charge in [0.15, 0.2) is 0 Å². The van der Waals surface area contributed by atoms with Gasteiger partial charge in [0, 0.05) is 0 Å². The van der Waals surface area contributed by atoms with E-state index in [1.165, 1.54) is 4.90 Å². The minimum Gasteiger partial charge on any atom is -0.447 e. The van der Waals surface area contributed by atoms with Gasteiger partial charge >= 0.3 is 6.09 Å². The molecule has 0 bridgehead atoms. The van der Waals surface area contributed by atoms with Gasteiger partial charge in [-0.3, -0.25) is 4.79 Å². The van der Waals surface area contributed by atoms with E-state index in [0.29, 0.717) is 18.8 Å². The SMILES string of the molecule is O=C1OCC(Cc2ccccc2)N1C(=O)C1CC2CC2C1O. The second kappa shape index (κ2) is 5.09. The van der Waals surface area contributed by atoms with Crippen LogP contribution in [0.25, 0.3) is 0 Å². The van der Waals surface area contributed by atoms with Crippen molar-refractivity contribution in [1.29, 1.82) is 0 Å². The number of fused-ring (bicyclic) bond motifs is 1. The van der Waals surface area contributed by atoms with Crippen molar-refractivity contribution in [2.75, 3.05) is 6.61 Å². The number of aliphatic hydroxyl groups is 1. The summed E-state index contributed by atoms with van der Waals surface area (Å²) >= 11 is 0. The molecular formula is C17H19NO4. The lowest BCUT2D eigenvalue weighted by Crippen LogP contribution is -2.46. The average Bonchev–Trinajstić information content (AvgIpc) is 3.11. The maximum Gasteiger partial charge on any atom is 0.416 e. The molecule has 2 amide bonds. The molecule has 1 saturated heterocycles. The monoisotopic (exact) mass is 301 g/mol. The summed E-state index contributed by atoms with van der Waals surface area (Å²) in [7, 11) is 0. The normalized spacial score (nSPS) is 36.1. The van der Waals surface area contributed by atoms with E-state index in [-0.39, 0.29) is 24.5 Å². The molecule has 116 valence electrons. The van der Waals surface area contributed by atoms with Gasteiger partial charge in [0.25, 0.3) is 0 Å². The zero-order valence-corrected chi connectivity index (χ0v) is 12.2. The van der Waals surface area contributed by atoms with E-state index in [2.05, 4.69) is 0 Å². The minimum absolute atomic E-state index is 0.231. The number of carbonyl (C=O) groups excluding carboxylic acids is 2. The second-order valence-corrected chi connectivity index (χ2v) is 6.62. The van der Waals surface area contributed by atoms with Crippen LogP contribution in [0.2, 0.25) is 0 Å². The molecule has 1 aliphatic heterocycles. The Labute approximate surface area is 128 Å². The van der Waals surface area contributed by atoms with E-state index in [4.69, 9.17) is 4.74 Å². The number of cyclic esters (lactones) is 1. The van der Waals surface area contributed by atoms with Crippen molar-refractivity contribution >= 4 is 12.0 Å². The van der Waals surface area contributed by atoms with Crippen LogP contribution in [0.4, 0.5) is 4.79 Å². The minimum atomic E-state index is -0.594. The van der Waals surface area contributed by atoms with Gasteiger partial charge in [0.2, 0.25) is 5.91 Å². The lowest BCUT2D eigenvalue weighted by molar-refractivity contribution is -0.136. The zero-order valence-electron chi connectivity index (χ0n) is 12.2. The Balaban J connectivity index is 1.50. The quantitative estimate of drug-likeness (QED) is 0.921. The largest absolute Gasteiger partial charge is 0.447 e. The summed E-state index contributed by atoms with van der Waals surface area (Å²) in [5.41, 5.74) is 1.07. The maximum atomic E-state index is 12.7. The Morgan fingerprint density at radius 2 is 2.05 bits per heavy atom. The van der Waals surface area contributed by atoms with Crippen molar-refractivity contribution < 1.29 is 19.4 Å². The lowest BCUT2D eigenvalue weighted by atomic mass is 9.97. The van der Waals surface area contributed by atoms with Crippen LogP contribution in [-0.4, -0.2) is 40.8 Å². The van der Waals surface area contributed by atoms with Crippen molar-refractivity contribution in [2.24, 2.45) is 17.8 Å². The Hall–Kier alpha value is -1.88. The van der Waals surface area contributed by atoms with Crippen LogP contribution < -0.4 is 0 Å². The van der Waals surface area contributed by atoms with Crippen LogP contribution in [0.3, 0.4) is 0 Å². The number of rotatable bonds is 3. The van der Waals surface area contributed by atoms with E-state index in [9.17, 15) is 14.7 Å². The van der Waals surface area contributed by atoms with Crippen molar-refractivity contribution in [2.45, 2.75) is 31.4 Å². The van der Waals surface area contributed by atoms with Crippen LogP contribution in [0.5, 0.6) is 0 Å². The molecule has 1 aromatic rings. The standard InChI is InChI=1S/C17H19NO4/c19-15-13-7-11(13)8-14(15)16(20)18-12(9-22-17(18)21)6-10-4-2-1-3-5-10/h1-5,11-15,19H,6-9H2. The molecule has 4 rings (SSSR count). The topological polar surface area (TPSA) is 66.8 Å². The number of hydrogen-bond donors (Lipinski definition) is 1. The third-order valence-electron chi connectivity index (χ3n) is 5.21. The number of imide groups is 1. The summed E-state index contributed by atoms with van der Waals surface area (Å²) in [6.45, 7) is 0.231. The van der Waals surface area contributed by atoms with E-state index >= 15 is 0 Å². The van der Waals surface area contributed by atoms with Crippen molar-refractivity contribution in [1.82, 2.24) is 4.90 Å². The van der Waals surface area contributed by atoms with Crippen LogP contribution in [-0.2, 0) is 16.0 Å². The second-order valence-electron chi connectivity index (χ2n) is 6.62. The highest BCUT2D eigenvalue weighted by Gasteiger charge is 2.57. The highest BCUT2D eigenvalue weighted by Crippen LogP contribution is 2.55. The van der Waals surface area contributed by atoms with Gasteiger partial charge in [-0.15, -0.1) is 0 Å². The fraction of sp³-hybridized carbons (Fsp3) is 0.529. The number of carbonyl (C=O) groups is 2. The molecule has 2 aliphatic carbocycles. The van der Waals surface area contributed by atoms with E-state index in [1.54, 1.807) is 0 Å². The predicted molar refractivity (Wildman–Crippen MR) is 77.8 cm³/mol. The van der Waals surface area contributed by atoms with E-state index in [1.807, 2.05) is 30.3 Å². The van der Waals surface area contributed by atoms with Crippen molar-refractivity contribution in [3.63, 3.8) is 0 Å². The zero-order chi connectivity index (χ0) is 15.3. The van der Waals surface area contributed by atoms with Crippen LogP contribution in [0, 0.1) is 17.8 Å². The molecule has 1 aromatic carbocycles. The third kappa shape index (κ3) is 2.20. The van der Waals surface area contributed by atoms with E-state index in [0.717, 1.165) is 12.0 Å². The highest BCUT2D eigenvalue weighted by molar-refractivity contribution is 5.95. The van der Waals surface area contributed by atoms with Gasteiger partial charge in [-0.2, -0.15) is 0 Å². The van der Waals surface area contributed by atoms with E-state index < -0.39 is 18.1 Å². The van der Waals surface area contributed by atoms with Crippen LogP contribution in [0.1, 0.15) is 18.4 Å². The fourth-order valence-corrected chi connectivity index (χ4v) is 3.92. The van der Waals surface area contributed by atoms with Gasteiger partial charge in [0.1, 0.15) is 6.61 Å². The molecule has 0 spiro atoms. The summed E-state index contributed by atoms with van der Waals surface area (Å²) in [6.07, 6.45) is 1.14. The Bertz CT molecular complexity index is 602. The molecule has 3 fully saturated rings. The number of benzene rings is 1. The molecule has 0 radical (unpaired) electrons. The van der Waals surface area contributed by atoms with Crippen molar-refractivity contribution in [3.8, 4) is 0 Å². The molecular weight excluding hydrogens is 282 g/mol. The van der Waals surface area contributed by atoms with Gasteiger partial charge in [-0.25, -0.2) is 9.69 Å². The number of aliphatic hydroxyl groups excluding tert-OH is 1. The number of amides is 2.